The molecule has 1 rings (SSSR count). The second-order valence-corrected chi connectivity index (χ2v) is 6.23. The standard InChI is InChI=1S/C11H22O2/c1-9(2,3)11(7,8-12-13-8)10(4,5)6/h8H,1-7H3. The van der Waals surface area contributed by atoms with Crippen molar-refractivity contribution in [2.75, 3.05) is 0 Å². The minimum atomic E-state index is -0.0347. The zero-order valence-corrected chi connectivity index (χ0v) is 9.89. The summed E-state index contributed by atoms with van der Waals surface area (Å²) in [5.41, 5.74) is 0.388. The van der Waals surface area contributed by atoms with Crippen LogP contribution in [0.25, 0.3) is 0 Å². The Kier molecular flexibility index (Phi) is 2.29. The van der Waals surface area contributed by atoms with Crippen LogP contribution in [0.3, 0.4) is 0 Å². The average Bonchev–Trinajstić information content (AvgIpc) is 2.60. The van der Waals surface area contributed by atoms with Gasteiger partial charge in [0.05, 0.1) is 0 Å². The number of hydrogen-bond donors (Lipinski definition) is 0. The second-order valence-electron chi connectivity index (χ2n) is 6.23. The molecule has 1 heterocycles. The van der Waals surface area contributed by atoms with Gasteiger partial charge < -0.3 is 0 Å². The van der Waals surface area contributed by atoms with Crippen molar-refractivity contribution in [3.05, 3.63) is 0 Å². The Balaban J connectivity index is 3.01. The second kappa shape index (κ2) is 2.71. The van der Waals surface area contributed by atoms with E-state index in [1.165, 1.54) is 0 Å². The van der Waals surface area contributed by atoms with Crippen molar-refractivity contribution in [3.8, 4) is 0 Å². The zero-order valence-electron chi connectivity index (χ0n) is 9.89. The molecule has 0 atom stereocenters. The average molecular weight is 186 g/mol. The highest BCUT2D eigenvalue weighted by atomic mass is 17.4. The van der Waals surface area contributed by atoms with Crippen molar-refractivity contribution >= 4 is 0 Å². The maximum absolute atomic E-state index is 5.03. The van der Waals surface area contributed by atoms with Crippen LogP contribution in [0, 0.1) is 16.2 Å². The summed E-state index contributed by atoms with van der Waals surface area (Å²) in [5, 5.41) is 0. The highest BCUT2D eigenvalue weighted by Gasteiger charge is 2.59. The largest absolute Gasteiger partial charge is 0.230 e. The van der Waals surface area contributed by atoms with Gasteiger partial charge in [0.25, 0.3) is 0 Å². The first-order valence-electron chi connectivity index (χ1n) is 4.93. The Bertz CT molecular complexity index is 177. The molecule has 0 aromatic carbocycles. The van der Waals surface area contributed by atoms with Crippen molar-refractivity contribution in [1.29, 1.82) is 0 Å². The maximum atomic E-state index is 5.03. The molecule has 78 valence electrons. The van der Waals surface area contributed by atoms with E-state index in [0.29, 0.717) is 0 Å². The van der Waals surface area contributed by atoms with Gasteiger partial charge in [0, 0.05) is 5.41 Å². The van der Waals surface area contributed by atoms with Crippen LogP contribution in [-0.2, 0) is 9.78 Å². The van der Waals surface area contributed by atoms with Gasteiger partial charge in [0.1, 0.15) is 0 Å². The quantitative estimate of drug-likeness (QED) is 0.463. The normalized spacial score (nSPS) is 20.5. The van der Waals surface area contributed by atoms with Crippen LogP contribution in [-0.4, -0.2) is 6.29 Å². The minimum absolute atomic E-state index is 0.0347. The van der Waals surface area contributed by atoms with Gasteiger partial charge in [-0.05, 0) is 10.8 Å². The lowest BCUT2D eigenvalue weighted by Gasteiger charge is -2.48. The predicted molar refractivity (Wildman–Crippen MR) is 53.0 cm³/mol. The molecule has 0 radical (unpaired) electrons. The van der Waals surface area contributed by atoms with Crippen molar-refractivity contribution in [3.63, 3.8) is 0 Å². The van der Waals surface area contributed by atoms with E-state index in [1.807, 2.05) is 0 Å². The summed E-state index contributed by atoms with van der Waals surface area (Å²) in [6.45, 7) is 15.7. The molecular weight excluding hydrogens is 164 g/mol. The van der Waals surface area contributed by atoms with Gasteiger partial charge >= 0.3 is 0 Å². The summed E-state index contributed by atoms with van der Waals surface area (Å²) in [7, 11) is 0. The summed E-state index contributed by atoms with van der Waals surface area (Å²) in [4.78, 5) is 10.1. The number of rotatable bonds is 1. The predicted octanol–water partition coefficient (Wildman–Crippen LogP) is 3.37. The third kappa shape index (κ3) is 1.62. The van der Waals surface area contributed by atoms with E-state index in [4.69, 9.17) is 9.78 Å². The van der Waals surface area contributed by atoms with Gasteiger partial charge in [-0.3, -0.25) is 0 Å². The van der Waals surface area contributed by atoms with E-state index in [-0.39, 0.29) is 22.5 Å². The molecular formula is C11H22O2. The van der Waals surface area contributed by atoms with Crippen LogP contribution in [0.15, 0.2) is 0 Å². The Hall–Kier alpha value is -0.0800. The summed E-state index contributed by atoms with van der Waals surface area (Å²) >= 11 is 0. The molecule has 0 bridgehead atoms. The van der Waals surface area contributed by atoms with Crippen molar-refractivity contribution < 1.29 is 9.78 Å². The van der Waals surface area contributed by atoms with E-state index in [1.54, 1.807) is 0 Å². The third-order valence-electron chi connectivity index (χ3n) is 3.78. The van der Waals surface area contributed by atoms with Crippen LogP contribution in [0.2, 0.25) is 0 Å². The van der Waals surface area contributed by atoms with Gasteiger partial charge in [0.15, 0.2) is 0 Å². The van der Waals surface area contributed by atoms with Gasteiger partial charge in [-0.1, -0.05) is 48.5 Å². The topological polar surface area (TPSA) is 25.1 Å². The molecule has 0 aromatic rings. The molecule has 0 amide bonds. The fourth-order valence-corrected chi connectivity index (χ4v) is 2.05. The molecule has 0 aromatic heterocycles. The molecule has 13 heavy (non-hydrogen) atoms. The lowest BCUT2D eigenvalue weighted by Crippen LogP contribution is -2.48. The van der Waals surface area contributed by atoms with Crippen molar-refractivity contribution in [2.24, 2.45) is 16.2 Å². The lowest BCUT2D eigenvalue weighted by atomic mass is 9.55. The van der Waals surface area contributed by atoms with E-state index < -0.39 is 0 Å². The van der Waals surface area contributed by atoms with Crippen LogP contribution in [0.5, 0.6) is 0 Å². The molecule has 1 saturated heterocycles. The third-order valence-corrected chi connectivity index (χ3v) is 3.78. The first-order valence-corrected chi connectivity index (χ1v) is 4.93. The van der Waals surface area contributed by atoms with Crippen LogP contribution >= 0.6 is 0 Å². The van der Waals surface area contributed by atoms with Crippen molar-refractivity contribution in [2.45, 2.75) is 54.8 Å². The molecule has 1 aliphatic rings. The summed E-state index contributed by atoms with van der Waals surface area (Å²) in [6, 6.07) is 0. The minimum Gasteiger partial charge on any atom is -0.198 e. The highest BCUT2D eigenvalue weighted by molar-refractivity contribution is 4.99. The SMILES string of the molecule is CC(C)(C)C(C)(C1OO1)C(C)(C)C. The van der Waals surface area contributed by atoms with Gasteiger partial charge in [0.2, 0.25) is 6.29 Å². The van der Waals surface area contributed by atoms with E-state index in [9.17, 15) is 0 Å². The Morgan fingerprint density at radius 3 is 1.08 bits per heavy atom. The molecule has 1 aliphatic heterocycles. The van der Waals surface area contributed by atoms with Gasteiger partial charge in [-0.2, -0.15) is 9.78 Å². The van der Waals surface area contributed by atoms with Crippen LogP contribution in [0.1, 0.15) is 48.5 Å². The van der Waals surface area contributed by atoms with E-state index in [0.717, 1.165) is 0 Å². The first kappa shape index (κ1) is 11.0. The zero-order chi connectivity index (χ0) is 10.5. The molecule has 0 aliphatic carbocycles. The maximum Gasteiger partial charge on any atom is 0.230 e. The summed E-state index contributed by atoms with van der Waals surface area (Å²) < 4.78 is 0. The molecule has 1 fully saturated rings. The van der Waals surface area contributed by atoms with E-state index >= 15 is 0 Å². The molecule has 0 saturated carbocycles. The highest BCUT2D eigenvalue weighted by Crippen LogP contribution is 2.57. The Labute approximate surface area is 81.5 Å². The fraction of sp³-hybridized carbons (Fsp3) is 1.00. The summed E-state index contributed by atoms with van der Waals surface area (Å²) in [5.74, 6) is 0. The van der Waals surface area contributed by atoms with E-state index in [2.05, 4.69) is 48.5 Å². The molecule has 0 N–H and O–H groups in total. The lowest BCUT2D eigenvalue weighted by molar-refractivity contribution is -0.0423. The van der Waals surface area contributed by atoms with Crippen LogP contribution < -0.4 is 0 Å². The monoisotopic (exact) mass is 186 g/mol. The van der Waals surface area contributed by atoms with Gasteiger partial charge in [-0.25, -0.2) is 0 Å². The molecule has 2 nitrogen and oxygen atoms in total. The number of hydrogen-bond acceptors (Lipinski definition) is 2. The smallest absolute Gasteiger partial charge is 0.198 e. The van der Waals surface area contributed by atoms with Gasteiger partial charge in [-0.15, -0.1) is 0 Å². The summed E-state index contributed by atoms with van der Waals surface area (Å²) in [6.07, 6.45) is -0.0347. The molecule has 0 unspecified atom stereocenters. The Morgan fingerprint density at radius 2 is 1.00 bits per heavy atom. The van der Waals surface area contributed by atoms with Crippen LogP contribution in [0.4, 0.5) is 0 Å². The fourth-order valence-electron chi connectivity index (χ4n) is 2.05. The molecule has 2 heteroatoms. The first-order chi connectivity index (χ1) is 5.61. The molecule has 0 spiro atoms. The van der Waals surface area contributed by atoms with Crippen molar-refractivity contribution in [1.82, 2.24) is 0 Å². The Morgan fingerprint density at radius 1 is 0.692 bits per heavy atom.